The minimum atomic E-state index is -3.95. The first-order chi connectivity index (χ1) is 10.3. The van der Waals surface area contributed by atoms with E-state index in [-0.39, 0.29) is 15.9 Å². The molecule has 0 aliphatic carbocycles. The van der Waals surface area contributed by atoms with E-state index >= 15 is 0 Å². The van der Waals surface area contributed by atoms with E-state index in [1.54, 1.807) is 19.2 Å². The molecule has 1 aromatic carbocycles. The maximum atomic E-state index is 12.2. The topological polar surface area (TPSA) is 113 Å². The third-order valence-corrected chi connectivity index (χ3v) is 4.50. The van der Waals surface area contributed by atoms with Crippen molar-refractivity contribution in [1.29, 1.82) is 0 Å². The zero-order valence-electron chi connectivity index (χ0n) is 11.4. The van der Waals surface area contributed by atoms with E-state index in [0.29, 0.717) is 5.69 Å². The molecule has 1 aromatic heterocycles. The van der Waals surface area contributed by atoms with Crippen LogP contribution in [0.5, 0.6) is 0 Å². The molecule has 0 saturated heterocycles. The fraction of sp³-hybridized carbons (Fsp3) is 0.167. The summed E-state index contributed by atoms with van der Waals surface area (Å²) in [6, 6.07) is 6.01. The number of hydrogen-bond donors (Lipinski definition) is 3. The van der Waals surface area contributed by atoms with Crippen molar-refractivity contribution < 1.29 is 18.3 Å². The summed E-state index contributed by atoms with van der Waals surface area (Å²) in [6.07, 6.45) is 1.29. The molecule has 118 valence electrons. The van der Waals surface area contributed by atoms with Gasteiger partial charge >= 0.3 is 0 Å². The second-order valence-corrected chi connectivity index (χ2v) is 6.30. The van der Waals surface area contributed by atoms with Crippen LogP contribution in [0.4, 0.5) is 11.4 Å². The number of carbonyl (C=O) groups excluding carboxylic acids is 1. The molecule has 2 rings (SSSR count). The Bertz CT molecular complexity index is 803. The number of rotatable bonds is 5. The molecule has 10 heteroatoms. The van der Waals surface area contributed by atoms with Crippen molar-refractivity contribution in [2.45, 2.75) is 5.03 Å². The first kappa shape index (κ1) is 16.3. The Balaban J connectivity index is 2.25. The number of halogens is 1. The van der Waals surface area contributed by atoms with Gasteiger partial charge in [0.05, 0.1) is 12.0 Å². The summed E-state index contributed by atoms with van der Waals surface area (Å²) in [5.41, 5.74) is 0.559. The fourth-order valence-electron chi connectivity index (χ4n) is 1.64. The lowest BCUT2D eigenvalue weighted by atomic mass is 10.3. The van der Waals surface area contributed by atoms with Crippen molar-refractivity contribution in [3.05, 3.63) is 35.7 Å². The van der Waals surface area contributed by atoms with Gasteiger partial charge in [0.1, 0.15) is 11.8 Å². The van der Waals surface area contributed by atoms with Crippen LogP contribution in [0, 0.1) is 0 Å². The quantitative estimate of drug-likeness (QED) is 0.742. The lowest BCUT2D eigenvalue weighted by Crippen LogP contribution is -2.16. The zero-order chi connectivity index (χ0) is 16.3. The summed E-state index contributed by atoms with van der Waals surface area (Å²) in [7, 11) is -2.38. The van der Waals surface area contributed by atoms with E-state index in [9.17, 15) is 13.2 Å². The molecule has 0 bridgehead atoms. The van der Waals surface area contributed by atoms with Crippen molar-refractivity contribution in [3.8, 4) is 0 Å². The van der Waals surface area contributed by atoms with Crippen LogP contribution in [0.15, 0.2) is 35.6 Å². The standard InChI is InChI=1S/C12H13ClN4O4S/c1-17-7-14-12(11(17)13)22(20,21)16-9-4-2-3-8(5-9)15-10(19)6-18/h2-5,7,16,18H,6H2,1H3,(H,15,19). The number of nitrogens with zero attached hydrogens (tertiary/aromatic N) is 2. The maximum absolute atomic E-state index is 12.2. The maximum Gasteiger partial charge on any atom is 0.282 e. The number of anilines is 2. The number of aliphatic hydroxyl groups excluding tert-OH is 1. The highest BCUT2D eigenvalue weighted by atomic mass is 35.5. The highest BCUT2D eigenvalue weighted by Crippen LogP contribution is 2.23. The minimum Gasteiger partial charge on any atom is -0.387 e. The molecule has 0 aliphatic rings. The van der Waals surface area contributed by atoms with Crippen LogP contribution >= 0.6 is 11.6 Å². The van der Waals surface area contributed by atoms with E-state index in [1.807, 2.05) is 0 Å². The number of benzene rings is 1. The number of aryl methyl sites for hydroxylation is 1. The third kappa shape index (κ3) is 3.56. The van der Waals surface area contributed by atoms with E-state index in [2.05, 4.69) is 15.0 Å². The number of carbonyl (C=O) groups is 1. The lowest BCUT2D eigenvalue weighted by Gasteiger charge is -2.09. The molecule has 3 N–H and O–H groups in total. The van der Waals surface area contributed by atoms with Crippen LogP contribution in [0.3, 0.4) is 0 Å². The molecule has 0 atom stereocenters. The third-order valence-electron chi connectivity index (χ3n) is 2.63. The van der Waals surface area contributed by atoms with Crippen LogP contribution in [0.2, 0.25) is 5.15 Å². The molecule has 0 unspecified atom stereocenters. The van der Waals surface area contributed by atoms with Gasteiger partial charge < -0.3 is 15.0 Å². The Morgan fingerprint density at radius 3 is 2.68 bits per heavy atom. The zero-order valence-corrected chi connectivity index (χ0v) is 13.0. The van der Waals surface area contributed by atoms with Crippen molar-refractivity contribution in [3.63, 3.8) is 0 Å². The number of imidazole rings is 1. The van der Waals surface area contributed by atoms with Crippen LogP contribution in [0.25, 0.3) is 0 Å². The molecule has 0 spiro atoms. The van der Waals surface area contributed by atoms with Gasteiger partial charge in [-0.15, -0.1) is 0 Å². The van der Waals surface area contributed by atoms with Crippen LogP contribution in [-0.4, -0.2) is 35.6 Å². The normalized spacial score (nSPS) is 11.2. The Kier molecular flexibility index (Phi) is 4.69. The molecular formula is C12H13ClN4O4S. The first-order valence-electron chi connectivity index (χ1n) is 6.04. The van der Waals surface area contributed by atoms with Gasteiger partial charge in [0, 0.05) is 12.7 Å². The highest BCUT2D eigenvalue weighted by molar-refractivity contribution is 7.92. The van der Waals surface area contributed by atoms with Crippen molar-refractivity contribution in [1.82, 2.24) is 9.55 Å². The highest BCUT2D eigenvalue weighted by Gasteiger charge is 2.22. The van der Waals surface area contributed by atoms with Crippen molar-refractivity contribution in [2.75, 3.05) is 16.6 Å². The summed E-state index contributed by atoms with van der Waals surface area (Å²) < 4.78 is 28.1. The number of amides is 1. The average molecular weight is 345 g/mol. The monoisotopic (exact) mass is 344 g/mol. The van der Waals surface area contributed by atoms with E-state index in [1.165, 1.54) is 23.0 Å². The molecule has 0 fully saturated rings. The number of sulfonamides is 1. The molecule has 22 heavy (non-hydrogen) atoms. The molecule has 0 radical (unpaired) electrons. The number of hydrogen-bond acceptors (Lipinski definition) is 5. The summed E-state index contributed by atoms with van der Waals surface area (Å²) in [6.45, 7) is -0.667. The van der Waals surface area contributed by atoms with Gasteiger partial charge in [-0.05, 0) is 18.2 Å². The molecule has 8 nitrogen and oxygen atoms in total. The molecule has 1 amide bonds. The number of aromatic nitrogens is 2. The smallest absolute Gasteiger partial charge is 0.282 e. The second-order valence-electron chi connectivity index (χ2n) is 4.34. The lowest BCUT2D eigenvalue weighted by molar-refractivity contribution is -0.118. The molecule has 0 aliphatic heterocycles. The van der Waals surface area contributed by atoms with Crippen molar-refractivity contribution in [2.24, 2.45) is 7.05 Å². The molecule has 2 aromatic rings. The predicted octanol–water partition coefficient (Wildman–Crippen LogP) is 0.805. The Morgan fingerprint density at radius 1 is 1.41 bits per heavy atom. The average Bonchev–Trinajstić information content (AvgIpc) is 2.79. The van der Waals surface area contributed by atoms with Crippen LogP contribution in [0.1, 0.15) is 0 Å². The predicted molar refractivity (Wildman–Crippen MR) is 81.2 cm³/mol. The van der Waals surface area contributed by atoms with Gasteiger partial charge in [-0.2, -0.15) is 8.42 Å². The largest absolute Gasteiger partial charge is 0.387 e. The van der Waals surface area contributed by atoms with Crippen molar-refractivity contribution >= 4 is 38.9 Å². The van der Waals surface area contributed by atoms with Crippen LogP contribution < -0.4 is 10.0 Å². The van der Waals surface area contributed by atoms with Gasteiger partial charge in [0.2, 0.25) is 10.9 Å². The van der Waals surface area contributed by atoms with Crippen LogP contribution in [-0.2, 0) is 21.9 Å². The Morgan fingerprint density at radius 2 is 2.09 bits per heavy atom. The molecule has 0 saturated carbocycles. The SMILES string of the molecule is Cn1cnc(S(=O)(=O)Nc2cccc(NC(=O)CO)c2)c1Cl. The summed E-state index contributed by atoms with van der Waals surface area (Å²) in [5, 5.41) is 10.8. The van der Waals surface area contributed by atoms with E-state index in [4.69, 9.17) is 16.7 Å². The van der Waals surface area contributed by atoms with Gasteiger partial charge in [-0.25, -0.2) is 4.98 Å². The second kappa shape index (κ2) is 6.34. The Labute approximate surface area is 131 Å². The summed E-state index contributed by atoms with van der Waals surface area (Å²) in [5.74, 6) is -0.604. The Hall–Kier alpha value is -2.10. The first-order valence-corrected chi connectivity index (χ1v) is 7.90. The fourth-order valence-corrected chi connectivity index (χ4v) is 3.12. The van der Waals surface area contributed by atoms with E-state index < -0.39 is 22.5 Å². The summed E-state index contributed by atoms with van der Waals surface area (Å²) in [4.78, 5) is 14.9. The van der Waals surface area contributed by atoms with Gasteiger partial charge in [0.15, 0.2) is 0 Å². The van der Waals surface area contributed by atoms with Gasteiger partial charge in [-0.3, -0.25) is 9.52 Å². The summed E-state index contributed by atoms with van der Waals surface area (Å²) >= 11 is 5.87. The molecule has 1 heterocycles. The molecular weight excluding hydrogens is 332 g/mol. The minimum absolute atomic E-state index is 0.0164. The van der Waals surface area contributed by atoms with E-state index in [0.717, 1.165) is 0 Å². The van der Waals surface area contributed by atoms with Gasteiger partial charge in [-0.1, -0.05) is 17.7 Å². The number of aliphatic hydroxyl groups is 1. The number of nitrogens with one attached hydrogen (secondary N) is 2. The van der Waals surface area contributed by atoms with Gasteiger partial charge in [0.25, 0.3) is 10.0 Å².